The summed E-state index contributed by atoms with van der Waals surface area (Å²) in [5, 5.41) is 12.1. The number of rotatable bonds is 10. The van der Waals surface area contributed by atoms with Gasteiger partial charge in [-0.2, -0.15) is 0 Å². The molecule has 4 rings (SSSR count). The quantitative estimate of drug-likeness (QED) is 0.112. The van der Waals surface area contributed by atoms with Gasteiger partial charge in [0.1, 0.15) is 11.6 Å². The zero-order valence-electron chi connectivity index (χ0n) is 23.1. The molecule has 2 aromatic carbocycles. The fraction of sp³-hybridized carbons (Fsp3) is 0.167. The van der Waals surface area contributed by atoms with Crippen LogP contribution in [0.1, 0.15) is 39.1 Å². The fourth-order valence-corrected chi connectivity index (χ4v) is 3.71. The maximum Gasteiger partial charge on any atom is 0.305 e. The Morgan fingerprint density at radius 3 is 2.49 bits per heavy atom. The number of halogens is 2. The number of carbonyl (C=O) groups excluding carboxylic acids is 3. The van der Waals surface area contributed by atoms with Crippen molar-refractivity contribution in [2.75, 3.05) is 19.0 Å². The van der Waals surface area contributed by atoms with Gasteiger partial charge in [0.25, 0.3) is 18.3 Å². The average Bonchev–Trinajstić information content (AvgIpc) is 3.49. The number of anilines is 1. The number of ether oxygens (including phenoxy) is 2. The van der Waals surface area contributed by atoms with E-state index in [1.807, 2.05) is 0 Å². The van der Waals surface area contributed by atoms with Crippen molar-refractivity contribution in [1.29, 1.82) is 0 Å². The monoisotopic (exact) mass is 594 g/mol. The van der Waals surface area contributed by atoms with E-state index in [0.29, 0.717) is 29.9 Å². The number of methoxy groups -OCH3 is 1. The smallest absolute Gasteiger partial charge is 0.305 e. The molecule has 0 aliphatic carbocycles. The number of carboxylic acid groups (broad SMARTS) is 1. The number of benzene rings is 2. The molecule has 13 heteroatoms. The molecule has 11 nitrogen and oxygen atoms in total. The molecule has 2 heterocycles. The van der Waals surface area contributed by atoms with Crippen molar-refractivity contribution in [2.45, 2.75) is 19.8 Å². The minimum atomic E-state index is -0.706. The lowest BCUT2D eigenvalue weighted by molar-refractivity contribution is -0.140. The number of pyridine rings is 1. The molecule has 2 amide bonds. The van der Waals surface area contributed by atoms with Gasteiger partial charge in [0, 0.05) is 37.0 Å². The molecule has 0 fully saturated rings. The normalized spacial score (nSPS) is 10.1. The highest BCUT2D eigenvalue weighted by Crippen LogP contribution is 2.29. The van der Waals surface area contributed by atoms with Gasteiger partial charge < -0.3 is 30.2 Å². The van der Waals surface area contributed by atoms with Crippen LogP contribution in [0.15, 0.2) is 67.0 Å². The summed E-state index contributed by atoms with van der Waals surface area (Å²) in [7, 11) is 1.30. The maximum atomic E-state index is 14.6. The minimum Gasteiger partial charge on any atom is -0.483 e. The molecule has 0 atom stereocenters. The van der Waals surface area contributed by atoms with Crippen molar-refractivity contribution in [3.8, 4) is 22.9 Å². The van der Waals surface area contributed by atoms with Crippen molar-refractivity contribution in [3.05, 3.63) is 95.3 Å². The first-order valence-corrected chi connectivity index (χ1v) is 12.8. The van der Waals surface area contributed by atoms with Gasteiger partial charge in [0.15, 0.2) is 11.6 Å². The van der Waals surface area contributed by atoms with Crippen LogP contribution in [-0.2, 0) is 14.3 Å². The summed E-state index contributed by atoms with van der Waals surface area (Å²) in [4.78, 5) is 51.9. The molecule has 2 aromatic heterocycles. The van der Waals surface area contributed by atoms with Crippen LogP contribution < -0.4 is 15.4 Å². The van der Waals surface area contributed by atoms with Crippen LogP contribution in [0.5, 0.6) is 11.5 Å². The number of nitrogens with zero attached hydrogens (tertiary/aromatic N) is 1. The predicted molar refractivity (Wildman–Crippen MR) is 152 cm³/mol. The van der Waals surface area contributed by atoms with Crippen molar-refractivity contribution >= 4 is 29.9 Å². The molecule has 4 N–H and O–H groups in total. The lowest BCUT2D eigenvalue weighted by atomic mass is 10.1. The number of aromatic nitrogens is 2. The second kappa shape index (κ2) is 15.4. The predicted octanol–water partition coefficient (Wildman–Crippen LogP) is 5.09. The van der Waals surface area contributed by atoms with E-state index in [9.17, 15) is 23.2 Å². The van der Waals surface area contributed by atoms with Gasteiger partial charge in [-0.25, -0.2) is 8.78 Å². The van der Waals surface area contributed by atoms with Crippen LogP contribution in [0, 0.1) is 18.6 Å². The summed E-state index contributed by atoms with van der Waals surface area (Å²) in [5.41, 5.74) is 2.13. The van der Waals surface area contributed by atoms with E-state index in [2.05, 4.69) is 25.3 Å². The fourth-order valence-electron chi connectivity index (χ4n) is 3.71. The lowest BCUT2D eigenvalue weighted by Crippen LogP contribution is -2.24. The Bertz CT molecular complexity index is 1610. The maximum absolute atomic E-state index is 14.6. The molecule has 43 heavy (non-hydrogen) atoms. The molecule has 0 aliphatic heterocycles. The summed E-state index contributed by atoms with van der Waals surface area (Å²) < 4.78 is 38.9. The van der Waals surface area contributed by atoms with Gasteiger partial charge in [-0.15, -0.1) is 0 Å². The molecule has 0 saturated carbocycles. The topological polar surface area (TPSA) is 160 Å². The second-order valence-electron chi connectivity index (χ2n) is 8.90. The highest BCUT2D eigenvalue weighted by molar-refractivity contribution is 6.04. The Kier molecular flexibility index (Phi) is 11.5. The molecular weight excluding hydrogens is 566 g/mol. The molecule has 0 radical (unpaired) electrons. The van der Waals surface area contributed by atoms with Crippen molar-refractivity contribution < 1.29 is 42.5 Å². The average molecular weight is 595 g/mol. The third-order valence-electron chi connectivity index (χ3n) is 5.81. The first kappa shape index (κ1) is 31.9. The van der Waals surface area contributed by atoms with Gasteiger partial charge in [0.2, 0.25) is 0 Å². The second-order valence-corrected chi connectivity index (χ2v) is 8.90. The SMILES string of the molecule is COC(=O)CCCNC(=O)c1c[nH]c(-c2cc(Oc3cc(C(=O)Nc4cc(C)ccc4F)ccc3F)ccn2)c1.O=CO. The molecule has 0 spiro atoms. The van der Waals surface area contributed by atoms with Gasteiger partial charge in [-0.3, -0.25) is 24.2 Å². The first-order valence-electron chi connectivity index (χ1n) is 12.8. The molecule has 0 unspecified atom stereocenters. The van der Waals surface area contributed by atoms with Crippen molar-refractivity contribution in [2.24, 2.45) is 0 Å². The van der Waals surface area contributed by atoms with Crippen LogP contribution in [0.2, 0.25) is 0 Å². The molecule has 0 aliphatic rings. The number of carbonyl (C=O) groups is 4. The van der Waals surface area contributed by atoms with E-state index < -0.39 is 17.5 Å². The van der Waals surface area contributed by atoms with E-state index in [-0.39, 0.29) is 47.5 Å². The zero-order chi connectivity index (χ0) is 31.4. The Labute approximate surface area is 244 Å². The third kappa shape index (κ3) is 9.21. The first-order chi connectivity index (χ1) is 20.6. The van der Waals surface area contributed by atoms with Crippen LogP contribution in [0.4, 0.5) is 14.5 Å². The standard InChI is InChI=1S/C29H26F2N4O5.CH2O2/c1-17-5-7-21(30)23(12-17)35-29(38)18-6-8-22(31)26(14-18)40-20-9-11-32-25(15-20)24-13-19(16-34-24)28(37)33-10-3-4-27(36)39-2;2-1-3/h5-9,11-16,34H,3-4,10H2,1-2H3,(H,33,37)(H,35,38);1H,(H,2,3). The Balaban J connectivity index is 0.00000162. The van der Waals surface area contributed by atoms with Gasteiger partial charge in [-0.1, -0.05) is 6.07 Å². The van der Waals surface area contributed by atoms with Crippen LogP contribution in [0.25, 0.3) is 11.4 Å². The van der Waals surface area contributed by atoms with E-state index in [4.69, 9.17) is 14.6 Å². The van der Waals surface area contributed by atoms with Crippen LogP contribution in [-0.4, -0.2) is 53.0 Å². The van der Waals surface area contributed by atoms with E-state index in [1.54, 1.807) is 19.1 Å². The van der Waals surface area contributed by atoms with Gasteiger partial charge in [-0.05, 0) is 61.4 Å². The lowest BCUT2D eigenvalue weighted by Gasteiger charge is -2.11. The summed E-state index contributed by atoms with van der Waals surface area (Å²) in [6.07, 6.45) is 3.61. The highest BCUT2D eigenvalue weighted by Gasteiger charge is 2.15. The number of hydrogen-bond donors (Lipinski definition) is 4. The molecule has 224 valence electrons. The van der Waals surface area contributed by atoms with E-state index in [1.165, 1.54) is 55.9 Å². The number of esters is 1. The van der Waals surface area contributed by atoms with Crippen LogP contribution >= 0.6 is 0 Å². The van der Waals surface area contributed by atoms with E-state index in [0.717, 1.165) is 11.6 Å². The van der Waals surface area contributed by atoms with Crippen molar-refractivity contribution in [3.63, 3.8) is 0 Å². The van der Waals surface area contributed by atoms with Gasteiger partial charge in [0.05, 0.1) is 29.7 Å². The minimum absolute atomic E-state index is 0.00996. The Morgan fingerprint density at radius 2 is 1.74 bits per heavy atom. The number of hydrogen-bond acceptors (Lipinski definition) is 7. The number of aryl methyl sites for hydroxylation is 1. The number of amides is 2. The van der Waals surface area contributed by atoms with Crippen molar-refractivity contribution in [1.82, 2.24) is 15.3 Å². The molecule has 0 bridgehead atoms. The Morgan fingerprint density at radius 1 is 1.00 bits per heavy atom. The molecule has 4 aromatic rings. The third-order valence-corrected chi connectivity index (χ3v) is 5.81. The number of H-pyrrole nitrogens is 1. The molecular formula is C30H28F2N4O7. The van der Waals surface area contributed by atoms with E-state index >= 15 is 0 Å². The van der Waals surface area contributed by atoms with Crippen LogP contribution in [0.3, 0.4) is 0 Å². The summed E-state index contributed by atoms with van der Waals surface area (Å²) in [6, 6.07) is 12.5. The Hall–Kier alpha value is -5.59. The number of nitrogens with one attached hydrogen (secondary N) is 3. The highest BCUT2D eigenvalue weighted by atomic mass is 19.1. The molecule has 0 saturated heterocycles. The van der Waals surface area contributed by atoms with Gasteiger partial charge >= 0.3 is 5.97 Å². The number of aromatic amines is 1. The zero-order valence-corrected chi connectivity index (χ0v) is 23.1. The summed E-state index contributed by atoms with van der Waals surface area (Å²) >= 11 is 0. The summed E-state index contributed by atoms with van der Waals surface area (Å²) in [6.45, 7) is 1.82. The summed E-state index contributed by atoms with van der Waals surface area (Å²) in [5.74, 6) is -2.59. The largest absolute Gasteiger partial charge is 0.483 e.